The van der Waals surface area contributed by atoms with E-state index in [9.17, 15) is 13.2 Å². The fourth-order valence-electron chi connectivity index (χ4n) is 7.87. The second-order valence-electron chi connectivity index (χ2n) is 19.2. The summed E-state index contributed by atoms with van der Waals surface area (Å²) in [4.78, 5) is 4.39. The van der Waals surface area contributed by atoms with Crippen molar-refractivity contribution >= 4 is 110 Å². The van der Waals surface area contributed by atoms with Crippen molar-refractivity contribution in [3.63, 3.8) is 0 Å². The van der Waals surface area contributed by atoms with E-state index in [-0.39, 0.29) is 12.5 Å². The van der Waals surface area contributed by atoms with E-state index in [1.54, 1.807) is 12.1 Å². The Hall–Kier alpha value is -3.78. The smallest absolute Gasteiger partial charge is 0.406 e. The van der Waals surface area contributed by atoms with Crippen LogP contribution in [0.5, 0.6) is 5.75 Å². The predicted octanol–water partition coefficient (Wildman–Crippen LogP) is 8.85. The molecular formula is C43H52BF3N2OSi4. The van der Waals surface area contributed by atoms with Gasteiger partial charge in [0.2, 0.25) is 0 Å². The Balaban J connectivity index is 1.59. The van der Waals surface area contributed by atoms with Crippen LogP contribution in [0.15, 0.2) is 97.1 Å². The van der Waals surface area contributed by atoms with Crippen molar-refractivity contribution in [3.8, 4) is 5.75 Å². The van der Waals surface area contributed by atoms with Gasteiger partial charge in [0.1, 0.15) is 5.75 Å². The summed E-state index contributed by atoms with van der Waals surface area (Å²) in [6.07, 6.45) is -4.86. The zero-order valence-corrected chi connectivity index (χ0v) is 37.8. The molecule has 7 rings (SSSR count). The zero-order chi connectivity index (χ0) is 39.3. The maximum absolute atomic E-state index is 14.3. The van der Waals surface area contributed by atoms with Gasteiger partial charge in [-0.2, -0.15) is 0 Å². The first-order chi connectivity index (χ1) is 24.9. The second kappa shape index (κ2) is 12.9. The molecule has 0 unspecified atom stereocenters. The Morgan fingerprint density at radius 1 is 0.444 bits per heavy atom. The maximum atomic E-state index is 14.3. The fraction of sp³-hybridized carbons (Fsp3) is 0.302. The summed E-state index contributed by atoms with van der Waals surface area (Å²) in [5.41, 5.74) is 8.56. The molecule has 0 aliphatic carbocycles. The standard InChI is InChI=1S/C43H52BF3N2OSi4/c1-51(2,3)32-17-13-29(14-18-32)48-38-27-34(53(7,8)9)21-23-36(38)44-37-24-22-35(54(10,11)12)28-39(37)49(30-15-19-33(20-16-30)52(4,5)6)41-26-31(50-43(45,46)47)25-40(48)42(41)44/h13-28H,1-12H3. The molecule has 0 spiro atoms. The summed E-state index contributed by atoms with van der Waals surface area (Å²) in [5, 5.41) is 5.25. The van der Waals surface area contributed by atoms with E-state index >= 15 is 0 Å². The van der Waals surface area contributed by atoms with Gasteiger partial charge in [-0.05, 0) is 52.8 Å². The molecule has 0 amide bonds. The van der Waals surface area contributed by atoms with E-state index in [2.05, 4.69) is 173 Å². The average Bonchev–Trinajstić information content (AvgIpc) is 3.05. The van der Waals surface area contributed by atoms with E-state index in [0.29, 0.717) is 11.4 Å². The molecule has 5 aromatic rings. The highest BCUT2D eigenvalue weighted by Gasteiger charge is 2.45. The van der Waals surface area contributed by atoms with Crippen molar-refractivity contribution in [3.05, 3.63) is 97.1 Å². The quantitative estimate of drug-likeness (QED) is 0.150. The Morgan fingerprint density at radius 2 is 0.778 bits per heavy atom. The lowest BCUT2D eigenvalue weighted by atomic mass is 9.33. The van der Waals surface area contributed by atoms with Gasteiger partial charge < -0.3 is 14.5 Å². The maximum Gasteiger partial charge on any atom is 0.573 e. The molecule has 0 saturated heterocycles. The number of nitrogens with zero attached hydrogens (tertiary/aromatic N) is 2. The molecule has 0 aromatic heterocycles. The number of ether oxygens (including phenoxy) is 1. The topological polar surface area (TPSA) is 15.7 Å². The summed E-state index contributed by atoms with van der Waals surface area (Å²) < 4.78 is 47.7. The lowest BCUT2D eigenvalue weighted by Gasteiger charge is -2.45. The van der Waals surface area contributed by atoms with Crippen LogP contribution in [-0.4, -0.2) is 45.4 Å². The van der Waals surface area contributed by atoms with Gasteiger partial charge in [0.25, 0.3) is 6.71 Å². The molecule has 3 nitrogen and oxygen atoms in total. The van der Waals surface area contributed by atoms with Gasteiger partial charge in [-0.25, -0.2) is 0 Å². The van der Waals surface area contributed by atoms with Gasteiger partial charge in [-0.1, -0.05) is 148 Å². The highest BCUT2D eigenvalue weighted by Crippen LogP contribution is 2.46. The summed E-state index contributed by atoms with van der Waals surface area (Å²) in [6, 6.07) is 34.4. The molecule has 0 radical (unpaired) electrons. The molecule has 0 N–H and O–H groups in total. The van der Waals surface area contributed by atoms with E-state index < -0.39 is 38.7 Å². The SMILES string of the molecule is C[Si](C)(C)c1ccc(N2c3cc([Si](C)(C)C)ccc3B3c4ccc([Si](C)(C)C)cc4N(c4ccc([Si](C)(C)C)cc4)c4cc(OC(F)(F)F)cc2c43)cc1. The molecule has 0 saturated carbocycles. The molecular weight excluding hydrogens is 741 g/mol. The molecule has 280 valence electrons. The Morgan fingerprint density at radius 3 is 1.09 bits per heavy atom. The highest BCUT2D eigenvalue weighted by molar-refractivity contribution is 7.01. The lowest BCUT2D eigenvalue weighted by Crippen LogP contribution is -2.62. The molecule has 11 heteroatoms. The minimum atomic E-state index is -4.86. The number of halogens is 3. The number of hydrogen-bond donors (Lipinski definition) is 0. The Labute approximate surface area is 324 Å². The van der Waals surface area contributed by atoms with Crippen LogP contribution in [0.2, 0.25) is 78.6 Å². The molecule has 2 aliphatic heterocycles. The minimum Gasteiger partial charge on any atom is -0.406 e. The van der Waals surface area contributed by atoms with E-state index in [0.717, 1.165) is 39.1 Å². The third-order valence-electron chi connectivity index (χ3n) is 11.0. The largest absolute Gasteiger partial charge is 0.573 e. The van der Waals surface area contributed by atoms with E-state index in [1.165, 1.54) is 20.7 Å². The van der Waals surface area contributed by atoms with Gasteiger partial charge in [-0.3, -0.25) is 0 Å². The van der Waals surface area contributed by atoms with Crippen LogP contribution in [0, 0.1) is 0 Å². The molecule has 0 atom stereocenters. The fourth-order valence-corrected chi connectivity index (χ4v) is 12.5. The first-order valence-corrected chi connectivity index (χ1v) is 33.0. The minimum absolute atomic E-state index is 0.193. The van der Waals surface area contributed by atoms with Gasteiger partial charge in [-0.15, -0.1) is 13.2 Å². The summed E-state index contributed by atoms with van der Waals surface area (Å²) in [5.74, 6) is -0.225. The van der Waals surface area contributed by atoms with Crippen LogP contribution in [0.1, 0.15) is 0 Å². The Kier molecular flexibility index (Phi) is 9.19. The van der Waals surface area contributed by atoms with Crippen LogP contribution >= 0.6 is 0 Å². The van der Waals surface area contributed by atoms with Gasteiger partial charge in [0, 0.05) is 46.3 Å². The van der Waals surface area contributed by atoms with Gasteiger partial charge >= 0.3 is 6.36 Å². The zero-order valence-electron chi connectivity index (χ0n) is 33.8. The lowest BCUT2D eigenvalue weighted by molar-refractivity contribution is -0.274. The van der Waals surface area contributed by atoms with Crippen LogP contribution in [0.3, 0.4) is 0 Å². The number of benzene rings is 5. The molecule has 2 heterocycles. The van der Waals surface area contributed by atoms with Crippen molar-refractivity contribution in [2.45, 2.75) is 84.9 Å². The van der Waals surface area contributed by atoms with Crippen LogP contribution < -0.4 is 51.7 Å². The van der Waals surface area contributed by atoms with Crippen LogP contribution in [-0.2, 0) is 0 Å². The third-order valence-corrected chi connectivity index (χ3v) is 19.2. The molecule has 5 aromatic carbocycles. The summed E-state index contributed by atoms with van der Waals surface area (Å²) in [6.45, 7) is 27.8. The molecule has 0 fully saturated rings. The normalized spacial score (nSPS) is 14.5. The first-order valence-electron chi connectivity index (χ1n) is 19.0. The molecule has 54 heavy (non-hydrogen) atoms. The van der Waals surface area contributed by atoms with Crippen LogP contribution in [0.25, 0.3) is 0 Å². The van der Waals surface area contributed by atoms with Crippen molar-refractivity contribution in [1.29, 1.82) is 0 Å². The monoisotopic (exact) mass is 792 g/mol. The van der Waals surface area contributed by atoms with Gasteiger partial charge in [0.15, 0.2) is 0 Å². The molecule has 2 aliphatic rings. The third kappa shape index (κ3) is 7.08. The van der Waals surface area contributed by atoms with Crippen molar-refractivity contribution < 1.29 is 17.9 Å². The van der Waals surface area contributed by atoms with Crippen LogP contribution in [0.4, 0.5) is 47.3 Å². The average molecular weight is 793 g/mol. The number of hydrogen-bond acceptors (Lipinski definition) is 3. The first kappa shape index (κ1) is 38.5. The number of fused-ring (bicyclic) bond motifs is 4. The summed E-state index contributed by atoms with van der Waals surface area (Å²) >= 11 is 0. The number of alkyl halides is 3. The predicted molar refractivity (Wildman–Crippen MR) is 239 cm³/mol. The number of anilines is 6. The van der Waals surface area contributed by atoms with Crippen molar-refractivity contribution in [2.75, 3.05) is 9.80 Å². The number of rotatable bonds is 7. The van der Waals surface area contributed by atoms with Crippen molar-refractivity contribution in [2.24, 2.45) is 0 Å². The van der Waals surface area contributed by atoms with E-state index in [1.807, 2.05) is 0 Å². The Bertz CT molecular complexity index is 2100. The second-order valence-corrected chi connectivity index (χ2v) is 39.5. The van der Waals surface area contributed by atoms with Gasteiger partial charge in [0.05, 0.1) is 32.3 Å². The summed E-state index contributed by atoms with van der Waals surface area (Å²) in [7, 11) is -6.81. The molecule has 0 bridgehead atoms. The highest BCUT2D eigenvalue weighted by atomic mass is 28.3. The van der Waals surface area contributed by atoms with Crippen molar-refractivity contribution in [1.82, 2.24) is 0 Å². The van der Waals surface area contributed by atoms with E-state index in [4.69, 9.17) is 4.74 Å².